The first-order chi connectivity index (χ1) is 9.15. The second-order valence-electron chi connectivity index (χ2n) is 4.13. The number of nitrogens with one attached hydrogen (secondary N) is 1. The average Bonchev–Trinajstić information content (AvgIpc) is 2.42. The Bertz CT molecular complexity index is 465. The monoisotopic (exact) mass is 260 g/mol. The van der Waals surface area contributed by atoms with Crippen molar-refractivity contribution in [2.45, 2.75) is 31.7 Å². The van der Waals surface area contributed by atoms with E-state index in [1.807, 2.05) is 6.07 Å². The third kappa shape index (κ3) is 5.21. The van der Waals surface area contributed by atoms with Crippen LogP contribution in [-0.4, -0.2) is 23.0 Å². The maximum Gasteiger partial charge on any atom is 0.326 e. The second kappa shape index (κ2) is 7.88. The van der Waals surface area contributed by atoms with E-state index in [-0.39, 0.29) is 0 Å². The number of amides is 1. The third-order valence-electron chi connectivity index (χ3n) is 2.67. The molecule has 0 bridgehead atoms. The lowest BCUT2D eigenvalue weighted by molar-refractivity contribution is -0.139. The van der Waals surface area contributed by atoms with Crippen LogP contribution in [0.3, 0.4) is 0 Å². The van der Waals surface area contributed by atoms with E-state index in [2.05, 4.69) is 5.32 Å². The number of rotatable bonds is 7. The molecule has 1 atom stereocenters. The molecule has 0 aromatic heterocycles. The smallest absolute Gasteiger partial charge is 0.326 e. The molecule has 0 heterocycles. The highest BCUT2D eigenvalue weighted by atomic mass is 16.4. The minimum atomic E-state index is -1.05. The van der Waals surface area contributed by atoms with Crippen LogP contribution in [0.2, 0.25) is 0 Å². The second-order valence-corrected chi connectivity index (χ2v) is 4.13. The van der Waals surface area contributed by atoms with Gasteiger partial charge in [-0.25, -0.2) is 4.79 Å². The first kappa shape index (κ1) is 14.7. The molecule has 19 heavy (non-hydrogen) atoms. The molecular formula is C14H16N2O3. The van der Waals surface area contributed by atoms with E-state index in [0.717, 1.165) is 0 Å². The van der Waals surface area contributed by atoms with Crippen molar-refractivity contribution in [1.82, 2.24) is 5.32 Å². The van der Waals surface area contributed by atoms with Gasteiger partial charge in [0.1, 0.15) is 6.04 Å². The molecule has 0 aliphatic heterocycles. The maximum atomic E-state index is 11.8. The highest BCUT2D eigenvalue weighted by Gasteiger charge is 2.19. The van der Waals surface area contributed by atoms with Crippen LogP contribution in [0, 0.1) is 11.3 Å². The molecule has 0 spiro atoms. The van der Waals surface area contributed by atoms with E-state index in [1.165, 1.54) is 0 Å². The number of unbranched alkanes of at least 4 members (excludes halogenated alkanes) is 2. The molecule has 0 fully saturated rings. The molecule has 0 unspecified atom stereocenters. The fourth-order valence-electron chi connectivity index (χ4n) is 1.64. The van der Waals surface area contributed by atoms with E-state index in [9.17, 15) is 9.59 Å². The Morgan fingerprint density at radius 1 is 1.26 bits per heavy atom. The molecule has 5 nitrogen and oxygen atoms in total. The Hall–Kier alpha value is -2.35. The Kier molecular flexibility index (Phi) is 6.10. The van der Waals surface area contributed by atoms with Gasteiger partial charge in [-0.3, -0.25) is 4.79 Å². The molecule has 5 heteroatoms. The van der Waals surface area contributed by atoms with Gasteiger partial charge < -0.3 is 10.4 Å². The Balaban J connectivity index is 2.52. The Morgan fingerprint density at radius 2 is 1.95 bits per heavy atom. The summed E-state index contributed by atoms with van der Waals surface area (Å²) >= 11 is 0. The molecule has 0 aliphatic carbocycles. The number of hydrogen-bond donors (Lipinski definition) is 2. The summed E-state index contributed by atoms with van der Waals surface area (Å²) in [6.45, 7) is 0. The lowest BCUT2D eigenvalue weighted by Crippen LogP contribution is -2.40. The zero-order valence-electron chi connectivity index (χ0n) is 10.5. The van der Waals surface area contributed by atoms with Gasteiger partial charge in [0.2, 0.25) is 0 Å². The number of carboxylic acids is 1. The van der Waals surface area contributed by atoms with E-state index in [4.69, 9.17) is 10.4 Å². The van der Waals surface area contributed by atoms with Gasteiger partial charge in [-0.05, 0) is 31.4 Å². The normalized spacial score (nSPS) is 11.3. The quantitative estimate of drug-likeness (QED) is 0.733. The summed E-state index contributed by atoms with van der Waals surface area (Å²) in [7, 11) is 0. The third-order valence-corrected chi connectivity index (χ3v) is 2.67. The Morgan fingerprint density at radius 3 is 2.53 bits per heavy atom. The number of benzene rings is 1. The van der Waals surface area contributed by atoms with Gasteiger partial charge in [-0.1, -0.05) is 18.2 Å². The summed E-state index contributed by atoms with van der Waals surface area (Å²) in [4.78, 5) is 22.9. The minimum absolute atomic E-state index is 0.329. The van der Waals surface area contributed by atoms with Crippen LogP contribution in [0.4, 0.5) is 0 Å². The zero-order valence-corrected chi connectivity index (χ0v) is 10.5. The number of carbonyl (C=O) groups excluding carboxylic acids is 1. The van der Waals surface area contributed by atoms with Crippen molar-refractivity contribution in [3.63, 3.8) is 0 Å². The molecule has 1 rings (SSSR count). The number of carboxylic acid groups (broad SMARTS) is 1. The van der Waals surface area contributed by atoms with Crippen molar-refractivity contribution in [2.24, 2.45) is 0 Å². The van der Waals surface area contributed by atoms with Gasteiger partial charge in [0, 0.05) is 12.0 Å². The number of nitrogens with zero attached hydrogens (tertiary/aromatic N) is 1. The molecule has 1 aromatic carbocycles. The van der Waals surface area contributed by atoms with Crippen molar-refractivity contribution in [1.29, 1.82) is 5.26 Å². The zero-order chi connectivity index (χ0) is 14.1. The van der Waals surface area contributed by atoms with Crippen molar-refractivity contribution in [3.8, 4) is 6.07 Å². The van der Waals surface area contributed by atoms with Crippen LogP contribution in [-0.2, 0) is 4.79 Å². The van der Waals surface area contributed by atoms with Crippen LogP contribution in [0.1, 0.15) is 36.0 Å². The lowest BCUT2D eigenvalue weighted by atomic mass is 10.1. The summed E-state index contributed by atoms with van der Waals surface area (Å²) in [6, 6.07) is 9.57. The summed E-state index contributed by atoms with van der Waals surface area (Å²) in [6.07, 6.45) is 1.97. The minimum Gasteiger partial charge on any atom is -0.480 e. The van der Waals surface area contributed by atoms with E-state index in [1.54, 1.807) is 30.3 Å². The molecular weight excluding hydrogens is 244 g/mol. The number of nitriles is 1. The average molecular weight is 260 g/mol. The number of aliphatic carboxylic acids is 1. The predicted molar refractivity (Wildman–Crippen MR) is 69.4 cm³/mol. The van der Waals surface area contributed by atoms with Gasteiger partial charge in [-0.15, -0.1) is 0 Å². The maximum absolute atomic E-state index is 11.8. The SMILES string of the molecule is N#CCCCC[C@@H](NC(=O)c1ccccc1)C(=O)O. The number of carbonyl (C=O) groups is 2. The summed E-state index contributed by atoms with van der Waals surface area (Å²) in [5.74, 6) is -1.45. The Labute approximate surface area is 111 Å². The molecule has 2 N–H and O–H groups in total. The lowest BCUT2D eigenvalue weighted by Gasteiger charge is -2.14. The van der Waals surface area contributed by atoms with Gasteiger partial charge in [0.25, 0.3) is 5.91 Å². The first-order valence-corrected chi connectivity index (χ1v) is 6.11. The van der Waals surface area contributed by atoms with E-state index >= 15 is 0 Å². The summed E-state index contributed by atoms with van der Waals surface area (Å²) in [5, 5.41) is 19.9. The van der Waals surface area contributed by atoms with E-state index in [0.29, 0.717) is 31.2 Å². The standard InChI is InChI=1S/C14H16N2O3/c15-10-6-2-5-9-12(14(18)19)16-13(17)11-7-3-1-4-8-11/h1,3-4,7-8,12H,2,5-6,9H2,(H,16,17)(H,18,19)/t12-/m1/s1. The van der Waals surface area contributed by atoms with Gasteiger partial charge >= 0.3 is 5.97 Å². The van der Waals surface area contributed by atoms with E-state index < -0.39 is 17.9 Å². The first-order valence-electron chi connectivity index (χ1n) is 6.11. The van der Waals surface area contributed by atoms with Crippen molar-refractivity contribution < 1.29 is 14.7 Å². The van der Waals surface area contributed by atoms with Crippen LogP contribution in [0.15, 0.2) is 30.3 Å². The van der Waals surface area contributed by atoms with Gasteiger partial charge in [-0.2, -0.15) is 5.26 Å². The molecule has 0 radical (unpaired) electrons. The van der Waals surface area contributed by atoms with Crippen molar-refractivity contribution in [2.75, 3.05) is 0 Å². The largest absolute Gasteiger partial charge is 0.480 e. The molecule has 0 aliphatic rings. The van der Waals surface area contributed by atoms with Crippen LogP contribution >= 0.6 is 0 Å². The predicted octanol–water partition coefficient (Wildman–Crippen LogP) is 1.95. The molecule has 0 saturated carbocycles. The highest BCUT2D eigenvalue weighted by molar-refractivity contribution is 5.96. The van der Waals surface area contributed by atoms with Gasteiger partial charge in [0.05, 0.1) is 6.07 Å². The summed E-state index contributed by atoms with van der Waals surface area (Å²) in [5.41, 5.74) is 0.436. The highest BCUT2D eigenvalue weighted by Crippen LogP contribution is 2.06. The topological polar surface area (TPSA) is 90.2 Å². The summed E-state index contributed by atoms with van der Waals surface area (Å²) < 4.78 is 0. The van der Waals surface area contributed by atoms with Crippen LogP contribution < -0.4 is 5.32 Å². The van der Waals surface area contributed by atoms with Gasteiger partial charge in [0.15, 0.2) is 0 Å². The van der Waals surface area contributed by atoms with Crippen molar-refractivity contribution in [3.05, 3.63) is 35.9 Å². The fourth-order valence-corrected chi connectivity index (χ4v) is 1.64. The molecule has 0 saturated heterocycles. The van der Waals surface area contributed by atoms with Crippen LogP contribution in [0.5, 0.6) is 0 Å². The molecule has 100 valence electrons. The van der Waals surface area contributed by atoms with Crippen molar-refractivity contribution >= 4 is 11.9 Å². The molecule has 1 aromatic rings. The molecule has 1 amide bonds. The fraction of sp³-hybridized carbons (Fsp3) is 0.357. The van der Waals surface area contributed by atoms with Crippen LogP contribution in [0.25, 0.3) is 0 Å². The number of hydrogen-bond acceptors (Lipinski definition) is 3.